The van der Waals surface area contributed by atoms with Gasteiger partial charge in [-0.05, 0) is 50.9 Å². The number of rotatable bonds is 3. The SMILES string of the molecule is Cc1nc(Oc2cc([N+](=O)[O-])ccc2Br)ccc1Br. The third kappa shape index (κ3) is 3.30. The number of nitrogens with zero attached hydrogens (tertiary/aromatic N) is 2. The highest BCUT2D eigenvalue weighted by atomic mass is 79.9. The molecular formula is C12H8Br2N2O3. The number of hydrogen-bond acceptors (Lipinski definition) is 4. The lowest BCUT2D eigenvalue weighted by Crippen LogP contribution is -1.93. The molecule has 0 saturated carbocycles. The molecule has 0 fully saturated rings. The van der Waals surface area contributed by atoms with E-state index in [4.69, 9.17) is 4.74 Å². The second-order valence-electron chi connectivity index (χ2n) is 3.69. The third-order valence-corrected chi connectivity index (χ3v) is 3.83. The molecule has 0 amide bonds. The molecule has 7 heteroatoms. The Balaban J connectivity index is 2.34. The van der Waals surface area contributed by atoms with Gasteiger partial charge in [0.1, 0.15) is 0 Å². The minimum absolute atomic E-state index is 0.0352. The van der Waals surface area contributed by atoms with Crippen LogP contribution in [0.2, 0.25) is 0 Å². The lowest BCUT2D eigenvalue weighted by atomic mass is 10.3. The molecule has 0 aliphatic heterocycles. The Kier molecular flexibility index (Phi) is 4.16. The maximum absolute atomic E-state index is 10.7. The van der Waals surface area contributed by atoms with Gasteiger partial charge in [0.05, 0.1) is 21.2 Å². The van der Waals surface area contributed by atoms with Crippen molar-refractivity contribution in [2.75, 3.05) is 0 Å². The average Bonchev–Trinajstić information content (AvgIpc) is 2.36. The predicted octanol–water partition coefficient (Wildman–Crippen LogP) is 4.62. The van der Waals surface area contributed by atoms with Gasteiger partial charge in [-0.1, -0.05) is 0 Å². The summed E-state index contributed by atoms with van der Waals surface area (Å²) in [5, 5.41) is 10.7. The van der Waals surface area contributed by atoms with Crippen LogP contribution in [0, 0.1) is 17.0 Å². The molecule has 1 aromatic carbocycles. The van der Waals surface area contributed by atoms with Crippen molar-refractivity contribution < 1.29 is 9.66 Å². The number of benzene rings is 1. The molecule has 0 aliphatic rings. The number of nitro groups is 1. The van der Waals surface area contributed by atoms with E-state index in [1.54, 1.807) is 12.1 Å². The van der Waals surface area contributed by atoms with Crippen LogP contribution in [0.5, 0.6) is 11.6 Å². The number of non-ortho nitro benzene ring substituents is 1. The van der Waals surface area contributed by atoms with Crippen LogP contribution >= 0.6 is 31.9 Å². The van der Waals surface area contributed by atoms with Crippen LogP contribution in [0.4, 0.5) is 5.69 Å². The van der Waals surface area contributed by atoms with Crippen molar-refractivity contribution in [3.05, 3.63) is 55.1 Å². The topological polar surface area (TPSA) is 65.3 Å². The van der Waals surface area contributed by atoms with Gasteiger partial charge in [-0.15, -0.1) is 0 Å². The van der Waals surface area contributed by atoms with Crippen LogP contribution < -0.4 is 4.74 Å². The molecule has 5 nitrogen and oxygen atoms in total. The largest absolute Gasteiger partial charge is 0.438 e. The Labute approximate surface area is 126 Å². The van der Waals surface area contributed by atoms with E-state index in [9.17, 15) is 10.1 Å². The van der Waals surface area contributed by atoms with Crippen molar-refractivity contribution >= 4 is 37.5 Å². The molecular weight excluding hydrogens is 380 g/mol. The molecule has 19 heavy (non-hydrogen) atoms. The maximum Gasteiger partial charge on any atom is 0.273 e. The minimum Gasteiger partial charge on any atom is -0.438 e. The summed E-state index contributed by atoms with van der Waals surface area (Å²) in [7, 11) is 0. The molecule has 2 rings (SSSR count). The molecule has 0 spiro atoms. The molecule has 0 N–H and O–H groups in total. The number of halogens is 2. The number of aromatic nitrogens is 1. The van der Waals surface area contributed by atoms with E-state index in [1.165, 1.54) is 12.1 Å². The van der Waals surface area contributed by atoms with Gasteiger partial charge in [0, 0.05) is 16.6 Å². The summed E-state index contributed by atoms with van der Waals surface area (Å²) >= 11 is 6.63. The van der Waals surface area contributed by atoms with E-state index in [1.807, 2.05) is 13.0 Å². The Bertz CT molecular complexity index is 647. The van der Waals surface area contributed by atoms with Crippen LogP contribution in [0.1, 0.15) is 5.69 Å². The van der Waals surface area contributed by atoms with E-state index >= 15 is 0 Å². The Morgan fingerprint density at radius 3 is 2.53 bits per heavy atom. The second-order valence-corrected chi connectivity index (χ2v) is 5.40. The maximum atomic E-state index is 10.7. The first-order chi connectivity index (χ1) is 8.97. The van der Waals surface area contributed by atoms with E-state index in [0.717, 1.165) is 10.2 Å². The van der Waals surface area contributed by atoms with Crippen LogP contribution in [0.3, 0.4) is 0 Å². The Hall–Kier alpha value is -1.47. The van der Waals surface area contributed by atoms with Gasteiger partial charge in [0.2, 0.25) is 5.88 Å². The standard InChI is InChI=1S/C12H8Br2N2O3/c1-7-9(13)4-5-12(15-7)19-11-6-8(16(17)18)2-3-10(11)14/h2-6H,1H3. The van der Waals surface area contributed by atoms with Crippen molar-refractivity contribution in [3.8, 4) is 11.6 Å². The fourth-order valence-corrected chi connectivity index (χ4v) is 1.92. The van der Waals surface area contributed by atoms with Crippen LogP contribution in [0.15, 0.2) is 39.3 Å². The first-order valence-corrected chi connectivity index (χ1v) is 6.81. The van der Waals surface area contributed by atoms with E-state index in [-0.39, 0.29) is 5.69 Å². The number of aryl methyl sites for hydroxylation is 1. The van der Waals surface area contributed by atoms with E-state index in [2.05, 4.69) is 36.8 Å². The Morgan fingerprint density at radius 1 is 1.21 bits per heavy atom. The average molecular weight is 388 g/mol. The monoisotopic (exact) mass is 386 g/mol. The molecule has 1 aromatic heterocycles. The Morgan fingerprint density at radius 2 is 1.89 bits per heavy atom. The van der Waals surface area contributed by atoms with E-state index in [0.29, 0.717) is 16.1 Å². The molecule has 0 unspecified atom stereocenters. The first kappa shape index (κ1) is 14.0. The lowest BCUT2D eigenvalue weighted by molar-refractivity contribution is -0.384. The summed E-state index contributed by atoms with van der Waals surface area (Å²) in [4.78, 5) is 14.5. The highest BCUT2D eigenvalue weighted by Gasteiger charge is 2.12. The van der Waals surface area contributed by atoms with Gasteiger partial charge < -0.3 is 4.74 Å². The number of ether oxygens (including phenoxy) is 1. The quantitative estimate of drug-likeness (QED) is 0.569. The third-order valence-electron chi connectivity index (χ3n) is 2.34. The van der Waals surface area contributed by atoms with Crippen LogP contribution in [0.25, 0.3) is 0 Å². The molecule has 0 atom stereocenters. The minimum atomic E-state index is -0.473. The highest BCUT2D eigenvalue weighted by molar-refractivity contribution is 9.10. The summed E-state index contributed by atoms with van der Waals surface area (Å²) in [6.07, 6.45) is 0. The molecule has 2 aromatic rings. The predicted molar refractivity (Wildman–Crippen MR) is 77.5 cm³/mol. The number of pyridine rings is 1. The molecule has 0 aliphatic carbocycles. The second kappa shape index (κ2) is 5.66. The van der Waals surface area contributed by atoms with Gasteiger partial charge in [-0.3, -0.25) is 10.1 Å². The van der Waals surface area contributed by atoms with Gasteiger partial charge in [-0.25, -0.2) is 4.98 Å². The van der Waals surface area contributed by atoms with E-state index < -0.39 is 4.92 Å². The first-order valence-electron chi connectivity index (χ1n) is 5.22. The van der Waals surface area contributed by atoms with Gasteiger partial charge >= 0.3 is 0 Å². The molecule has 0 saturated heterocycles. The number of hydrogen-bond donors (Lipinski definition) is 0. The fraction of sp³-hybridized carbons (Fsp3) is 0.0833. The van der Waals surface area contributed by atoms with Crippen molar-refractivity contribution in [1.29, 1.82) is 0 Å². The summed E-state index contributed by atoms with van der Waals surface area (Å²) in [6, 6.07) is 7.81. The molecule has 0 radical (unpaired) electrons. The smallest absolute Gasteiger partial charge is 0.273 e. The van der Waals surface area contributed by atoms with Crippen molar-refractivity contribution in [1.82, 2.24) is 4.98 Å². The van der Waals surface area contributed by atoms with Gasteiger partial charge in [0.25, 0.3) is 5.69 Å². The van der Waals surface area contributed by atoms with Crippen molar-refractivity contribution in [3.63, 3.8) is 0 Å². The van der Waals surface area contributed by atoms with Gasteiger partial charge in [0.15, 0.2) is 5.75 Å². The van der Waals surface area contributed by atoms with Gasteiger partial charge in [-0.2, -0.15) is 0 Å². The lowest BCUT2D eigenvalue weighted by Gasteiger charge is -2.07. The number of nitro benzene ring substituents is 1. The zero-order valence-electron chi connectivity index (χ0n) is 9.76. The zero-order chi connectivity index (χ0) is 14.0. The summed E-state index contributed by atoms with van der Waals surface area (Å²) in [5.74, 6) is 0.727. The molecule has 1 heterocycles. The zero-order valence-corrected chi connectivity index (χ0v) is 12.9. The fourth-order valence-electron chi connectivity index (χ4n) is 1.37. The molecule has 0 bridgehead atoms. The van der Waals surface area contributed by atoms with Crippen LogP contribution in [-0.4, -0.2) is 9.91 Å². The summed E-state index contributed by atoms with van der Waals surface area (Å²) in [6.45, 7) is 1.83. The van der Waals surface area contributed by atoms with Crippen LogP contribution in [-0.2, 0) is 0 Å². The van der Waals surface area contributed by atoms with Crippen molar-refractivity contribution in [2.24, 2.45) is 0 Å². The summed E-state index contributed by atoms with van der Waals surface area (Å²) < 4.78 is 7.05. The highest BCUT2D eigenvalue weighted by Crippen LogP contribution is 2.32. The normalized spacial score (nSPS) is 10.3. The molecule has 98 valence electrons. The summed E-state index contributed by atoms with van der Waals surface area (Å²) in [5.41, 5.74) is 0.742. The van der Waals surface area contributed by atoms with Crippen molar-refractivity contribution in [2.45, 2.75) is 6.92 Å².